The molecule has 1 atom stereocenters. The summed E-state index contributed by atoms with van der Waals surface area (Å²) in [5.41, 5.74) is 2.25. The van der Waals surface area contributed by atoms with Gasteiger partial charge in [-0.15, -0.1) is 0 Å². The van der Waals surface area contributed by atoms with E-state index in [0.29, 0.717) is 17.0 Å². The Kier molecular flexibility index (Phi) is 4.09. The van der Waals surface area contributed by atoms with Crippen molar-refractivity contribution in [2.45, 2.75) is 25.3 Å². The average Bonchev–Trinajstić information content (AvgIpc) is 2.67. The second-order valence-electron chi connectivity index (χ2n) is 6.34. The first kappa shape index (κ1) is 15.6. The molecule has 0 saturated carbocycles. The molecule has 0 radical (unpaired) electrons. The zero-order chi connectivity index (χ0) is 17.2. The third-order valence-corrected chi connectivity index (χ3v) is 4.69. The van der Waals surface area contributed by atoms with Crippen molar-refractivity contribution in [1.82, 2.24) is 9.88 Å². The largest absolute Gasteiger partial charge is 0.482 e. The predicted octanol–water partition coefficient (Wildman–Crippen LogP) is 2.78. The molecular formula is C19H19N3O3. The van der Waals surface area contributed by atoms with Gasteiger partial charge in [-0.25, -0.2) is 0 Å². The molecule has 2 amide bonds. The van der Waals surface area contributed by atoms with Gasteiger partial charge in [-0.2, -0.15) is 0 Å². The smallest absolute Gasteiger partial charge is 0.262 e. The summed E-state index contributed by atoms with van der Waals surface area (Å²) in [6.45, 7) is 0.708. The van der Waals surface area contributed by atoms with Crippen LogP contribution in [0, 0.1) is 0 Å². The van der Waals surface area contributed by atoms with Crippen LogP contribution in [0.25, 0.3) is 0 Å². The van der Waals surface area contributed by atoms with Gasteiger partial charge in [-0.3, -0.25) is 14.6 Å². The quantitative estimate of drug-likeness (QED) is 0.915. The first-order valence-electron chi connectivity index (χ1n) is 8.50. The highest BCUT2D eigenvalue weighted by Crippen LogP contribution is 2.34. The summed E-state index contributed by atoms with van der Waals surface area (Å²) in [4.78, 5) is 30.6. The number of pyridine rings is 1. The Morgan fingerprint density at radius 2 is 2.20 bits per heavy atom. The third kappa shape index (κ3) is 3.07. The van der Waals surface area contributed by atoms with Crippen LogP contribution < -0.4 is 10.1 Å². The number of fused-ring (bicyclic) bond motifs is 1. The number of likely N-dealkylation sites (tertiary alicyclic amines) is 1. The highest BCUT2D eigenvalue weighted by Gasteiger charge is 2.29. The lowest BCUT2D eigenvalue weighted by molar-refractivity contribution is -0.118. The normalized spacial score (nSPS) is 19.6. The summed E-state index contributed by atoms with van der Waals surface area (Å²) >= 11 is 0. The van der Waals surface area contributed by atoms with E-state index in [0.717, 1.165) is 31.4 Å². The number of hydrogen-bond acceptors (Lipinski definition) is 4. The van der Waals surface area contributed by atoms with E-state index in [1.54, 1.807) is 24.4 Å². The fraction of sp³-hybridized carbons (Fsp3) is 0.316. The Labute approximate surface area is 145 Å². The molecular weight excluding hydrogens is 318 g/mol. The van der Waals surface area contributed by atoms with Gasteiger partial charge >= 0.3 is 0 Å². The van der Waals surface area contributed by atoms with Gasteiger partial charge in [-0.1, -0.05) is 6.07 Å². The van der Waals surface area contributed by atoms with E-state index in [2.05, 4.69) is 10.3 Å². The molecule has 1 aromatic carbocycles. The second-order valence-corrected chi connectivity index (χ2v) is 6.34. The second kappa shape index (κ2) is 6.55. The molecule has 128 valence electrons. The summed E-state index contributed by atoms with van der Waals surface area (Å²) < 4.78 is 5.43. The first-order valence-corrected chi connectivity index (χ1v) is 8.50. The van der Waals surface area contributed by atoms with Crippen LogP contribution in [0.15, 0.2) is 42.7 Å². The minimum Gasteiger partial charge on any atom is -0.482 e. The summed E-state index contributed by atoms with van der Waals surface area (Å²) in [6.07, 6.45) is 6.62. The average molecular weight is 337 g/mol. The fourth-order valence-corrected chi connectivity index (χ4v) is 3.47. The SMILES string of the molecule is O=C1COc2cc(C(=O)N3CCCCC3c3cccnc3)ccc2N1. The van der Waals surface area contributed by atoms with Crippen molar-refractivity contribution in [2.75, 3.05) is 18.5 Å². The molecule has 2 aromatic rings. The van der Waals surface area contributed by atoms with E-state index in [9.17, 15) is 9.59 Å². The molecule has 25 heavy (non-hydrogen) atoms. The number of piperidine rings is 1. The molecule has 1 fully saturated rings. The minimum absolute atomic E-state index is 0.0168. The van der Waals surface area contributed by atoms with Crippen LogP contribution in [0.5, 0.6) is 5.75 Å². The Hall–Kier alpha value is -2.89. The maximum absolute atomic E-state index is 13.1. The number of nitrogens with zero attached hydrogens (tertiary/aromatic N) is 2. The third-order valence-electron chi connectivity index (χ3n) is 4.69. The van der Waals surface area contributed by atoms with Crippen molar-refractivity contribution in [1.29, 1.82) is 0 Å². The van der Waals surface area contributed by atoms with E-state index in [1.165, 1.54) is 0 Å². The maximum atomic E-state index is 13.1. The number of benzene rings is 1. The van der Waals surface area contributed by atoms with E-state index in [1.807, 2.05) is 23.2 Å². The van der Waals surface area contributed by atoms with Crippen LogP contribution in [0.3, 0.4) is 0 Å². The van der Waals surface area contributed by atoms with Gasteiger partial charge in [0.05, 0.1) is 11.7 Å². The number of aromatic nitrogens is 1. The number of ether oxygens (including phenoxy) is 1. The van der Waals surface area contributed by atoms with E-state index >= 15 is 0 Å². The maximum Gasteiger partial charge on any atom is 0.262 e. The van der Waals surface area contributed by atoms with Gasteiger partial charge in [0, 0.05) is 24.5 Å². The molecule has 2 aliphatic heterocycles. The first-order chi connectivity index (χ1) is 12.2. The topological polar surface area (TPSA) is 71.5 Å². The summed E-state index contributed by atoms with van der Waals surface area (Å²) in [5, 5.41) is 2.74. The lowest BCUT2D eigenvalue weighted by atomic mass is 9.95. The predicted molar refractivity (Wildman–Crippen MR) is 92.4 cm³/mol. The van der Waals surface area contributed by atoms with Crippen molar-refractivity contribution in [2.24, 2.45) is 0 Å². The van der Waals surface area contributed by atoms with Crippen LogP contribution in [-0.4, -0.2) is 34.8 Å². The Morgan fingerprint density at radius 1 is 1.28 bits per heavy atom. The molecule has 1 aromatic heterocycles. The number of anilines is 1. The summed E-state index contributed by atoms with van der Waals surface area (Å²) in [5.74, 6) is 0.344. The van der Waals surface area contributed by atoms with Crippen molar-refractivity contribution < 1.29 is 14.3 Å². The molecule has 6 heteroatoms. The van der Waals surface area contributed by atoms with Crippen LogP contribution in [0.1, 0.15) is 41.2 Å². The van der Waals surface area contributed by atoms with E-state index in [4.69, 9.17) is 4.74 Å². The number of rotatable bonds is 2. The van der Waals surface area contributed by atoms with Crippen LogP contribution in [-0.2, 0) is 4.79 Å². The molecule has 3 heterocycles. The lowest BCUT2D eigenvalue weighted by Gasteiger charge is -2.36. The standard InChI is InChI=1S/C19H19N3O3/c23-18-12-25-17-10-13(6-7-15(17)21-18)19(24)22-9-2-1-5-16(22)14-4-3-8-20-11-14/h3-4,6-8,10-11,16H,1-2,5,9,12H2,(H,21,23). The van der Waals surface area contributed by atoms with Crippen molar-refractivity contribution in [3.05, 3.63) is 53.9 Å². The van der Waals surface area contributed by atoms with E-state index in [-0.39, 0.29) is 24.5 Å². The molecule has 0 bridgehead atoms. The van der Waals surface area contributed by atoms with Gasteiger partial charge in [-0.05, 0) is 49.1 Å². The Bertz CT molecular complexity index is 807. The highest BCUT2D eigenvalue weighted by atomic mass is 16.5. The Balaban J connectivity index is 1.61. The molecule has 1 unspecified atom stereocenters. The van der Waals surface area contributed by atoms with Gasteiger partial charge in [0.25, 0.3) is 11.8 Å². The van der Waals surface area contributed by atoms with Crippen molar-refractivity contribution >= 4 is 17.5 Å². The molecule has 0 aliphatic carbocycles. The van der Waals surface area contributed by atoms with Gasteiger partial charge < -0.3 is 15.0 Å². The molecule has 1 N–H and O–H groups in total. The molecule has 4 rings (SSSR count). The monoisotopic (exact) mass is 337 g/mol. The fourth-order valence-electron chi connectivity index (χ4n) is 3.47. The van der Waals surface area contributed by atoms with Gasteiger partial charge in [0.15, 0.2) is 6.61 Å². The molecule has 2 aliphatic rings. The van der Waals surface area contributed by atoms with Gasteiger partial charge in [0.2, 0.25) is 0 Å². The molecule has 6 nitrogen and oxygen atoms in total. The highest BCUT2D eigenvalue weighted by molar-refractivity contribution is 5.99. The number of carbonyl (C=O) groups is 2. The Morgan fingerprint density at radius 3 is 3.04 bits per heavy atom. The van der Waals surface area contributed by atoms with Crippen LogP contribution in [0.2, 0.25) is 0 Å². The van der Waals surface area contributed by atoms with Crippen LogP contribution >= 0.6 is 0 Å². The lowest BCUT2D eigenvalue weighted by Crippen LogP contribution is -2.38. The number of nitrogens with one attached hydrogen (secondary N) is 1. The van der Waals surface area contributed by atoms with Gasteiger partial charge in [0.1, 0.15) is 5.75 Å². The molecule has 1 saturated heterocycles. The van der Waals surface area contributed by atoms with Crippen molar-refractivity contribution in [3.63, 3.8) is 0 Å². The zero-order valence-corrected chi connectivity index (χ0v) is 13.8. The number of hydrogen-bond donors (Lipinski definition) is 1. The van der Waals surface area contributed by atoms with E-state index < -0.39 is 0 Å². The number of carbonyl (C=O) groups excluding carboxylic acids is 2. The summed E-state index contributed by atoms with van der Waals surface area (Å²) in [6, 6.07) is 9.16. The molecule has 0 spiro atoms. The zero-order valence-electron chi connectivity index (χ0n) is 13.8. The number of amides is 2. The minimum atomic E-state index is -0.181. The van der Waals surface area contributed by atoms with Crippen molar-refractivity contribution in [3.8, 4) is 5.75 Å². The summed E-state index contributed by atoms with van der Waals surface area (Å²) in [7, 11) is 0. The van der Waals surface area contributed by atoms with Crippen LogP contribution in [0.4, 0.5) is 5.69 Å².